The van der Waals surface area contributed by atoms with Crippen LogP contribution < -0.4 is 9.80 Å². The third-order valence-corrected chi connectivity index (χ3v) is 5.61. The normalized spacial score (nSPS) is 18.2. The standard InChI is InChI=1S/C21H27FN6O/c1-16-15-19(20(29)27-9-7-25(2)8-10-27)24-21(23-16)28-13-11-26(12-14-28)18-5-3-17(22)4-6-18/h3-6,15H,7-14H2,1-2H3. The van der Waals surface area contributed by atoms with Gasteiger partial charge in [0.25, 0.3) is 5.91 Å². The Hall–Kier alpha value is -2.74. The lowest BCUT2D eigenvalue weighted by atomic mass is 10.2. The minimum absolute atomic E-state index is 0.0187. The van der Waals surface area contributed by atoms with Crippen LogP contribution in [-0.4, -0.2) is 85.1 Å². The topological polar surface area (TPSA) is 55.8 Å². The van der Waals surface area contributed by atoms with E-state index >= 15 is 0 Å². The minimum atomic E-state index is -0.224. The van der Waals surface area contributed by atoms with Crippen molar-refractivity contribution in [3.8, 4) is 0 Å². The van der Waals surface area contributed by atoms with Gasteiger partial charge in [0, 0.05) is 63.7 Å². The van der Waals surface area contributed by atoms with Gasteiger partial charge in [-0.2, -0.15) is 0 Å². The summed E-state index contributed by atoms with van der Waals surface area (Å²) in [6, 6.07) is 8.37. The first-order valence-corrected chi connectivity index (χ1v) is 10.1. The molecule has 7 nitrogen and oxygen atoms in total. The number of amides is 1. The highest BCUT2D eigenvalue weighted by Crippen LogP contribution is 2.20. The summed E-state index contributed by atoms with van der Waals surface area (Å²) in [5.74, 6) is 0.370. The van der Waals surface area contributed by atoms with Crippen LogP contribution >= 0.6 is 0 Å². The first kappa shape index (κ1) is 19.6. The Morgan fingerprint density at radius 2 is 1.52 bits per heavy atom. The second kappa shape index (κ2) is 8.32. The van der Waals surface area contributed by atoms with Crippen molar-refractivity contribution in [3.05, 3.63) is 47.5 Å². The van der Waals surface area contributed by atoms with Gasteiger partial charge in [0.15, 0.2) is 0 Å². The fraction of sp³-hybridized carbons (Fsp3) is 0.476. The minimum Gasteiger partial charge on any atom is -0.368 e. The molecule has 0 aliphatic carbocycles. The first-order chi connectivity index (χ1) is 14.0. The van der Waals surface area contributed by atoms with E-state index in [0.717, 1.165) is 63.7 Å². The van der Waals surface area contributed by atoms with Gasteiger partial charge in [0.05, 0.1) is 0 Å². The van der Waals surface area contributed by atoms with E-state index in [9.17, 15) is 9.18 Å². The Bertz CT molecular complexity index is 858. The van der Waals surface area contributed by atoms with Crippen molar-refractivity contribution in [3.63, 3.8) is 0 Å². The van der Waals surface area contributed by atoms with E-state index in [1.807, 2.05) is 11.8 Å². The van der Waals surface area contributed by atoms with Gasteiger partial charge in [-0.05, 0) is 44.3 Å². The molecule has 1 aromatic carbocycles. The summed E-state index contributed by atoms with van der Waals surface area (Å²) in [6.45, 7) is 8.22. The molecule has 0 spiro atoms. The molecule has 2 fully saturated rings. The molecule has 0 saturated carbocycles. The molecule has 2 aliphatic rings. The molecule has 1 aromatic heterocycles. The molecule has 0 bridgehead atoms. The van der Waals surface area contributed by atoms with E-state index in [1.54, 1.807) is 18.2 Å². The van der Waals surface area contributed by atoms with Gasteiger partial charge in [0.1, 0.15) is 11.5 Å². The highest BCUT2D eigenvalue weighted by Gasteiger charge is 2.24. The molecule has 4 rings (SSSR count). The van der Waals surface area contributed by atoms with E-state index in [4.69, 9.17) is 0 Å². The van der Waals surface area contributed by atoms with Crippen molar-refractivity contribution < 1.29 is 9.18 Å². The van der Waals surface area contributed by atoms with Gasteiger partial charge >= 0.3 is 0 Å². The molecule has 0 radical (unpaired) electrons. The number of halogens is 1. The van der Waals surface area contributed by atoms with Gasteiger partial charge in [0.2, 0.25) is 5.95 Å². The number of carbonyl (C=O) groups is 1. The Labute approximate surface area is 170 Å². The maximum atomic E-state index is 13.2. The number of carbonyl (C=O) groups excluding carboxylic acids is 1. The van der Waals surface area contributed by atoms with E-state index in [-0.39, 0.29) is 11.7 Å². The largest absolute Gasteiger partial charge is 0.368 e. The van der Waals surface area contributed by atoms with E-state index in [2.05, 4.69) is 31.7 Å². The van der Waals surface area contributed by atoms with Crippen LogP contribution in [-0.2, 0) is 0 Å². The van der Waals surface area contributed by atoms with Crippen molar-refractivity contribution in [2.24, 2.45) is 0 Å². The zero-order chi connectivity index (χ0) is 20.4. The molecule has 29 heavy (non-hydrogen) atoms. The predicted molar refractivity (Wildman–Crippen MR) is 111 cm³/mol. The Morgan fingerprint density at radius 3 is 2.17 bits per heavy atom. The number of rotatable bonds is 3. The first-order valence-electron chi connectivity index (χ1n) is 10.1. The number of hydrogen-bond acceptors (Lipinski definition) is 6. The molecule has 0 N–H and O–H groups in total. The van der Waals surface area contributed by atoms with Gasteiger partial charge in [-0.15, -0.1) is 0 Å². The van der Waals surface area contributed by atoms with E-state index in [1.165, 1.54) is 12.1 Å². The lowest BCUT2D eigenvalue weighted by Crippen LogP contribution is -2.48. The van der Waals surface area contributed by atoms with Crippen LogP contribution in [0.2, 0.25) is 0 Å². The van der Waals surface area contributed by atoms with Crippen LogP contribution in [0, 0.1) is 12.7 Å². The Kier molecular flexibility index (Phi) is 5.62. The SMILES string of the molecule is Cc1cc(C(=O)N2CCN(C)CC2)nc(N2CCN(c3ccc(F)cc3)CC2)n1. The lowest BCUT2D eigenvalue weighted by molar-refractivity contribution is 0.0658. The summed E-state index contributed by atoms with van der Waals surface area (Å²) in [7, 11) is 2.07. The molecule has 154 valence electrons. The molecule has 2 aromatic rings. The van der Waals surface area contributed by atoms with Gasteiger partial charge in [-0.3, -0.25) is 4.79 Å². The zero-order valence-corrected chi connectivity index (χ0v) is 17.0. The van der Waals surface area contributed by atoms with Crippen LogP contribution in [0.15, 0.2) is 30.3 Å². The fourth-order valence-electron chi connectivity index (χ4n) is 3.79. The summed E-state index contributed by atoms with van der Waals surface area (Å²) in [6.07, 6.45) is 0. The summed E-state index contributed by atoms with van der Waals surface area (Å²) < 4.78 is 13.2. The van der Waals surface area contributed by atoms with Crippen LogP contribution in [0.1, 0.15) is 16.2 Å². The van der Waals surface area contributed by atoms with Gasteiger partial charge < -0.3 is 19.6 Å². The third-order valence-electron chi connectivity index (χ3n) is 5.61. The number of anilines is 2. The molecule has 0 unspecified atom stereocenters. The number of hydrogen-bond donors (Lipinski definition) is 0. The number of aryl methyl sites for hydroxylation is 1. The van der Waals surface area contributed by atoms with Crippen LogP contribution in [0.5, 0.6) is 0 Å². The number of nitrogens with zero attached hydrogens (tertiary/aromatic N) is 6. The summed E-state index contributed by atoms with van der Waals surface area (Å²) in [4.78, 5) is 30.5. The van der Waals surface area contributed by atoms with Crippen LogP contribution in [0.4, 0.5) is 16.0 Å². The molecule has 2 saturated heterocycles. The maximum absolute atomic E-state index is 13.2. The highest BCUT2D eigenvalue weighted by atomic mass is 19.1. The molecule has 8 heteroatoms. The van der Waals surface area contributed by atoms with E-state index < -0.39 is 0 Å². The summed E-state index contributed by atoms with van der Waals surface area (Å²) in [5, 5.41) is 0. The lowest BCUT2D eigenvalue weighted by Gasteiger charge is -2.36. The molecular weight excluding hydrogens is 371 g/mol. The second-order valence-electron chi connectivity index (χ2n) is 7.74. The van der Waals surface area contributed by atoms with Crippen molar-refractivity contribution in [2.45, 2.75) is 6.92 Å². The van der Waals surface area contributed by atoms with Crippen molar-refractivity contribution in [2.75, 3.05) is 69.2 Å². The van der Waals surface area contributed by atoms with Crippen molar-refractivity contribution >= 4 is 17.5 Å². The fourth-order valence-corrected chi connectivity index (χ4v) is 3.79. The quantitative estimate of drug-likeness (QED) is 0.784. The Balaban J connectivity index is 1.44. The second-order valence-corrected chi connectivity index (χ2v) is 7.74. The zero-order valence-electron chi connectivity index (χ0n) is 17.0. The van der Waals surface area contributed by atoms with Gasteiger partial charge in [-0.1, -0.05) is 0 Å². The number of likely N-dealkylation sites (N-methyl/N-ethyl adjacent to an activating group) is 1. The maximum Gasteiger partial charge on any atom is 0.272 e. The average Bonchev–Trinajstić information content (AvgIpc) is 2.74. The molecule has 2 aliphatic heterocycles. The number of benzene rings is 1. The predicted octanol–water partition coefficient (Wildman–Crippen LogP) is 1.64. The van der Waals surface area contributed by atoms with Gasteiger partial charge in [-0.25, -0.2) is 14.4 Å². The molecule has 3 heterocycles. The summed E-state index contributed by atoms with van der Waals surface area (Å²) in [5.41, 5.74) is 2.29. The van der Waals surface area contributed by atoms with Crippen LogP contribution in [0.3, 0.4) is 0 Å². The molecule has 1 amide bonds. The smallest absolute Gasteiger partial charge is 0.272 e. The van der Waals surface area contributed by atoms with Crippen molar-refractivity contribution in [1.82, 2.24) is 19.8 Å². The monoisotopic (exact) mass is 398 g/mol. The average molecular weight is 398 g/mol. The van der Waals surface area contributed by atoms with E-state index in [0.29, 0.717) is 11.6 Å². The van der Waals surface area contributed by atoms with Crippen molar-refractivity contribution in [1.29, 1.82) is 0 Å². The molecular formula is C21H27FN6O. The molecule has 0 atom stereocenters. The highest BCUT2D eigenvalue weighted by molar-refractivity contribution is 5.92. The Morgan fingerprint density at radius 1 is 0.897 bits per heavy atom. The van der Waals surface area contributed by atoms with Crippen LogP contribution in [0.25, 0.3) is 0 Å². The number of piperazine rings is 2. The third kappa shape index (κ3) is 4.48. The summed E-state index contributed by atoms with van der Waals surface area (Å²) >= 11 is 0. The number of aromatic nitrogens is 2.